The van der Waals surface area contributed by atoms with E-state index >= 15 is 0 Å². The van der Waals surface area contributed by atoms with Crippen molar-refractivity contribution in [1.29, 1.82) is 0 Å². The lowest BCUT2D eigenvalue weighted by Crippen LogP contribution is -2.25. The molecular formula is C12H14NO. The molecule has 0 spiro atoms. The van der Waals surface area contributed by atoms with Crippen LogP contribution in [-0.4, -0.2) is 12.5 Å². The Morgan fingerprint density at radius 1 is 1.57 bits per heavy atom. The third-order valence-electron chi connectivity index (χ3n) is 1.80. The number of hydrogen-bond donors (Lipinski definition) is 1. The normalized spacial score (nSPS) is 9.43. The van der Waals surface area contributed by atoms with Crippen LogP contribution < -0.4 is 5.32 Å². The quantitative estimate of drug-likeness (QED) is 0.553. The van der Waals surface area contributed by atoms with Crippen LogP contribution >= 0.6 is 0 Å². The average Bonchev–Trinajstić information content (AvgIpc) is 2.20. The van der Waals surface area contributed by atoms with Gasteiger partial charge in [-0.25, -0.2) is 0 Å². The van der Waals surface area contributed by atoms with E-state index in [-0.39, 0.29) is 5.91 Å². The number of rotatable bonds is 5. The second kappa shape index (κ2) is 5.97. The highest BCUT2D eigenvalue weighted by molar-refractivity contribution is 5.78. The Morgan fingerprint density at radius 3 is 3.07 bits per heavy atom. The molecule has 73 valence electrons. The third kappa shape index (κ3) is 3.90. The zero-order chi connectivity index (χ0) is 10.2. The first-order valence-electron chi connectivity index (χ1n) is 4.66. The zero-order valence-corrected chi connectivity index (χ0v) is 8.12. The Balaban J connectivity index is 2.31. The first kappa shape index (κ1) is 10.5. The summed E-state index contributed by atoms with van der Waals surface area (Å²) >= 11 is 0. The number of carbonyl (C=O) groups excluding carboxylic acids is 1. The van der Waals surface area contributed by atoms with Crippen molar-refractivity contribution in [3.63, 3.8) is 0 Å². The summed E-state index contributed by atoms with van der Waals surface area (Å²) in [4.78, 5) is 11.3. The smallest absolute Gasteiger partial charge is 0.224 e. The van der Waals surface area contributed by atoms with Crippen molar-refractivity contribution >= 4 is 5.91 Å². The van der Waals surface area contributed by atoms with E-state index in [0.717, 1.165) is 12.0 Å². The minimum Gasteiger partial charge on any atom is -0.356 e. The Bertz CT molecular complexity index is 292. The van der Waals surface area contributed by atoms with E-state index in [4.69, 9.17) is 0 Å². The van der Waals surface area contributed by atoms with Gasteiger partial charge >= 0.3 is 0 Å². The number of benzene rings is 1. The van der Waals surface area contributed by atoms with Gasteiger partial charge in [0.25, 0.3) is 0 Å². The van der Waals surface area contributed by atoms with Gasteiger partial charge in [0.15, 0.2) is 0 Å². The molecule has 1 aromatic rings. The van der Waals surface area contributed by atoms with Gasteiger partial charge in [0.05, 0.1) is 6.42 Å². The van der Waals surface area contributed by atoms with Crippen molar-refractivity contribution in [2.75, 3.05) is 6.54 Å². The standard InChI is InChI=1S/C12H14NO/c1-2-3-9-13-12(14)10-11-7-5-4-6-8-11/h2,4-7H,1,3,9-10H2,(H,13,14). The summed E-state index contributed by atoms with van der Waals surface area (Å²) in [5, 5.41) is 2.80. The molecular weight excluding hydrogens is 174 g/mol. The fourth-order valence-electron chi connectivity index (χ4n) is 1.09. The number of amides is 1. The van der Waals surface area contributed by atoms with Gasteiger partial charge in [-0.3, -0.25) is 4.79 Å². The Kier molecular flexibility index (Phi) is 4.48. The van der Waals surface area contributed by atoms with E-state index in [2.05, 4.69) is 18.0 Å². The van der Waals surface area contributed by atoms with Crippen molar-refractivity contribution < 1.29 is 4.79 Å². The van der Waals surface area contributed by atoms with Gasteiger partial charge in [-0.2, -0.15) is 0 Å². The van der Waals surface area contributed by atoms with E-state index in [0.29, 0.717) is 13.0 Å². The van der Waals surface area contributed by atoms with Gasteiger partial charge in [0.2, 0.25) is 5.91 Å². The lowest BCUT2D eigenvalue weighted by atomic mass is 10.1. The summed E-state index contributed by atoms with van der Waals surface area (Å²) in [7, 11) is 0. The summed E-state index contributed by atoms with van der Waals surface area (Å²) in [6.07, 6.45) is 3.00. The molecule has 0 saturated heterocycles. The Labute approximate surface area is 84.6 Å². The molecule has 0 unspecified atom stereocenters. The molecule has 1 amide bonds. The van der Waals surface area contributed by atoms with Crippen LogP contribution in [-0.2, 0) is 11.2 Å². The molecule has 0 aliphatic carbocycles. The fraction of sp³-hybridized carbons (Fsp3) is 0.250. The minimum atomic E-state index is 0.0364. The highest BCUT2D eigenvalue weighted by Gasteiger charge is 2.00. The second-order valence-electron chi connectivity index (χ2n) is 2.99. The molecule has 0 heterocycles. The summed E-state index contributed by atoms with van der Waals surface area (Å²) in [5.74, 6) is 0.0364. The van der Waals surface area contributed by atoms with Crippen LogP contribution in [0, 0.1) is 6.07 Å². The highest BCUT2D eigenvalue weighted by atomic mass is 16.1. The van der Waals surface area contributed by atoms with Gasteiger partial charge < -0.3 is 5.32 Å². The average molecular weight is 188 g/mol. The molecule has 0 aliphatic heterocycles. The van der Waals surface area contributed by atoms with Crippen LogP contribution in [0.2, 0.25) is 0 Å². The summed E-state index contributed by atoms with van der Waals surface area (Å²) < 4.78 is 0. The molecule has 0 atom stereocenters. The molecule has 1 rings (SSSR count). The molecule has 2 nitrogen and oxygen atoms in total. The third-order valence-corrected chi connectivity index (χ3v) is 1.80. The molecule has 1 N–H and O–H groups in total. The molecule has 1 aromatic carbocycles. The van der Waals surface area contributed by atoms with E-state index in [9.17, 15) is 4.79 Å². The predicted molar refractivity (Wildman–Crippen MR) is 56.8 cm³/mol. The van der Waals surface area contributed by atoms with Crippen LogP contribution in [0.3, 0.4) is 0 Å². The summed E-state index contributed by atoms with van der Waals surface area (Å²) in [5.41, 5.74) is 0.920. The van der Waals surface area contributed by atoms with E-state index in [1.807, 2.05) is 24.3 Å². The Hall–Kier alpha value is -1.57. The van der Waals surface area contributed by atoms with Crippen molar-refractivity contribution in [2.24, 2.45) is 0 Å². The van der Waals surface area contributed by atoms with Crippen LogP contribution in [0.5, 0.6) is 0 Å². The Morgan fingerprint density at radius 2 is 2.43 bits per heavy atom. The lowest BCUT2D eigenvalue weighted by Gasteiger charge is -2.02. The van der Waals surface area contributed by atoms with Crippen LogP contribution in [0.15, 0.2) is 36.9 Å². The first-order valence-corrected chi connectivity index (χ1v) is 4.66. The molecule has 0 bridgehead atoms. The van der Waals surface area contributed by atoms with E-state index in [1.165, 1.54) is 0 Å². The van der Waals surface area contributed by atoms with Crippen molar-refractivity contribution in [2.45, 2.75) is 12.8 Å². The molecule has 0 saturated carbocycles. The van der Waals surface area contributed by atoms with Gasteiger partial charge in [0, 0.05) is 6.54 Å². The predicted octanol–water partition coefficient (Wildman–Crippen LogP) is 1.72. The van der Waals surface area contributed by atoms with Crippen LogP contribution in [0.1, 0.15) is 12.0 Å². The molecule has 0 fully saturated rings. The monoisotopic (exact) mass is 188 g/mol. The van der Waals surface area contributed by atoms with Crippen LogP contribution in [0.4, 0.5) is 0 Å². The molecule has 2 heteroatoms. The number of carbonyl (C=O) groups is 1. The van der Waals surface area contributed by atoms with Gasteiger partial charge in [0.1, 0.15) is 0 Å². The minimum absolute atomic E-state index is 0.0364. The summed E-state index contributed by atoms with van der Waals surface area (Å²) in [6.45, 7) is 4.25. The number of nitrogens with one attached hydrogen (secondary N) is 1. The molecule has 0 aromatic heterocycles. The van der Waals surface area contributed by atoms with Crippen molar-refractivity contribution in [3.8, 4) is 0 Å². The van der Waals surface area contributed by atoms with Gasteiger partial charge in [-0.1, -0.05) is 30.3 Å². The lowest BCUT2D eigenvalue weighted by molar-refractivity contribution is -0.120. The molecule has 14 heavy (non-hydrogen) atoms. The topological polar surface area (TPSA) is 29.1 Å². The SMILES string of the molecule is C=CCCNC(=O)Cc1[c]cccc1. The van der Waals surface area contributed by atoms with Gasteiger partial charge in [-0.15, -0.1) is 6.58 Å². The first-order chi connectivity index (χ1) is 6.83. The van der Waals surface area contributed by atoms with Crippen molar-refractivity contribution in [3.05, 3.63) is 48.6 Å². The number of hydrogen-bond acceptors (Lipinski definition) is 1. The zero-order valence-electron chi connectivity index (χ0n) is 8.12. The molecule has 0 aliphatic rings. The molecule has 1 radical (unpaired) electrons. The highest BCUT2D eigenvalue weighted by Crippen LogP contribution is 1.97. The maximum atomic E-state index is 11.3. The summed E-state index contributed by atoms with van der Waals surface area (Å²) in [6, 6.07) is 10.5. The maximum Gasteiger partial charge on any atom is 0.224 e. The maximum absolute atomic E-state index is 11.3. The van der Waals surface area contributed by atoms with E-state index in [1.54, 1.807) is 6.08 Å². The van der Waals surface area contributed by atoms with Crippen LogP contribution in [0.25, 0.3) is 0 Å². The fourth-order valence-corrected chi connectivity index (χ4v) is 1.09. The second-order valence-corrected chi connectivity index (χ2v) is 2.99. The largest absolute Gasteiger partial charge is 0.356 e. The van der Waals surface area contributed by atoms with Gasteiger partial charge in [-0.05, 0) is 18.1 Å². The van der Waals surface area contributed by atoms with Crippen molar-refractivity contribution in [1.82, 2.24) is 5.32 Å². The van der Waals surface area contributed by atoms with E-state index < -0.39 is 0 Å².